The zero-order valence-corrected chi connectivity index (χ0v) is 20.3. The van der Waals surface area contributed by atoms with Crippen molar-refractivity contribution >= 4 is 17.9 Å². The first-order valence-electron chi connectivity index (χ1n) is 11.2. The topological polar surface area (TPSA) is 73.3 Å². The second kappa shape index (κ2) is 11.2. The Kier molecular flexibility index (Phi) is 8.95. The van der Waals surface area contributed by atoms with Crippen molar-refractivity contribution < 1.29 is 9.53 Å². The van der Waals surface area contributed by atoms with E-state index in [4.69, 9.17) is 4.74 Å². The number of hydrogen-bond donors (Lipinski definition) is 1. The number of piperidine rings is 1. The smallest absolute Gasteiger partial charge is 0.410 e. The fourth-order valence-corrected chi connectivity index (χ4v) is 3.78. The molecule has 1 fully saturated rings. The number of likely N-dealkylation sites (tertiary alicyclic amines) is 1. The number of ether oxygens (including phenoxy) is 1. The summed E-state index contributed by atoms with van der Waals surface area (Å²) in [4.78, 5) is 27.5. The third kappa shape index (κ3) is 7.60. The van der Waals surface area contributed by atoms with Gasteiger partial charge in [0, 0.05) is 65.6 Å². The molecule has 174 valence electrons. The van der Waals surface area contributed by atoms with Gasteiger partial charge in [-0.3, -0.25) is 4.99 Å². The Labute approximate surface area is 187 Å². The number of anilines is 1. The molecule has 31 heavy (non-hydrogen) atoms. The van der Waals surface area contributed by atoms with Crippen molar-refractivity contribution in [3.63, 3.8) is 0 Å². The maximum atomic E-state index is 12.4. The van der Waals surface area contributed by atoms with E-state index in [2.05, 4.69) is 26.3 Å². The van der Waals surface area contributed by atoms with Crippen molar-refractivity contribution in [1.29, 1.82) is 0 Å². The molecule has 1 aromatic heterocycles. The van der Waals surface area contributed by atoms with E-state index in [1.54, 1.807) is 0 Å². The summed E-state index contributed by atoms with van der Waals surface area (Å²) < 4.78 is 5.55. The van der Waals surface area contributed by atoms with Gasteiger partial charge in [0.25, 0.3) is 0 Å². The van der Waals surface area contributed by atoms with Gasteiger partial charge in [0.2, 0.25) is 0 Å². The van der Waals surface area contributed by atoms with Gasteiger partial charge in [-0.15, -0.1) is 0 Å². The molecule has 8 nitrogen and oxygen atoms in total. The van der Waals surface area contributed by atoms with Crippen LogP contribution in [0.25, 0.3) is 0 Å². The standard InChI is InChI=1S/C23H40N6O2/c1-8-28(22(30)31-23(2,3)4)17-18-11-14-29(15-12-18)21(24-5)26-16-19-10-9-13-25-20(19)27(6)7/h9-10,13,18H,8,11-12,14-17H2,1-7H3,(H,24,26). The minimum absolute atomic E-state index is 0.219. The maximum Gasteiger partial charge on any atom is 0.410 e. The molecule has 0 radical (unpaired) electrons. The van der Waals surface area contributed by atoms with Crippen molar-refractivity contribution in [2.24, 2.45) is 10.9 Å². The van der Waals surface area contributed by atoms with Crippen molar-refractivity contribution in [2.45, 2.75) is 52.7 Å². The molecule has 0 bridgehead atoms. The first-order chi connectivity index (χ1) is 14.6. The van der Waals surface area contributed by atoms with Gasteiger partial charge in [-0.05, 0) is 52.5 Å². The minimum Gasteiger partial charge on any atom is -0.444 e. The van der Waals surface area contributed by atoms with Gasteiger partial charge in [-0.2, -0.15) is 0 Å². The van der Waals surface area contributed by atoms with E-state index in [0.717, 1.165) is 49.8 Å². The van der Waals surface area contributed by atoms with Crippen LogP contribution in [-0.2, 0) is 11.3 Å². The van der Waals surface area contributed by atoms with Crippen LogP contribution in [0.2, 0.25) is 0 Å². The summed E-state index contributed by atoms with van der Waals surface area (Å²) in [5.41, 5.74) is 0.673. The second-order valence-electron chi connectivity index (χ2n) is 9.23. The Hall–Kier alpha value is -2.51. The first-order valence-corrected chi connectivity index (χ1v) is 11.2. The lowest BCUT2D eigenvalue weighted by Gasteiger charge is -2.36. The summed E-state index contributed by atoms with van der Waals surface area (Å²) >= 11 is 0. The normalized spacial score (nSPS) is 15.6. The minimum atomic E-state index is -0.466. The Morgan fingerprint density at radius 3 is 2.55 bits per heavy atom. The molecule has 2 heterocycles. The number of amides is 1. The molecule has 0 saturated carbocycles. The van der Waals surface area contributed by atoms with E-state index in [9.17, 15) is 4.79 Å². The van der Waals surface area contributed by atoms with Crippen molar-refractivity contribution in [3.05, 3.63) is 23.9 Å². The Morgan fingerprint density at radius 1 is 1.32 bits per heavy atom. The highest BCUT2D eigenvalue weighted by atomic mass is 16.6. The first kappa shape index (κ1) is 24.8. The summed E-state index contributed by atoms with van der Waals surface area (Å²) in [7, 11) is 5.83. The van der Waals surface area contributed by atoms with Crippen LogP contribution in [0.1, 0.15) is 46.1 Å². The van der Waals surface area contributed by atoms with Gasteiger partial charge in [0.1, 0.15) is 11.4 Å². The SMILES string of the molecule is CCN(CC1CCN(C(=NC)NCc2cccnc2N(C)C)CC1)C(=O)OC(C)(C)C. The highest BCUT2D eigenvalue weighted by Crippen LogP contribution is 2.20. The second-order valence-corrected chi connectivity index (χ2v) is 9.23. The molecule has 1 aromatic rings. The van der Waals surface area contributed by atoms with Crippen LogP contribution in [-0.4, -0.2) is 79.8 Å². The van der Waals surface area contributed by atoms with Crippen molar-refractivity contribution in [2.75, 3.05) is 52.2 Å². The van der Waals surface area contributed by atoms with Crippen LogP contribution >= 0.6 is 0 Å². The summed E-state index contributed by atoms with van der Waals surface area (Å²) in [5.74, 6) is 2.35. The van der Waals surface area contributed by atoms with Gasteiger partial charge in [-0.25, -0.2) is 9.78 Å². The predicted molar refractivity (Wildman–Crippen MR) is 127 cm³/mol. The molecule has 8 heteroatoms. The van der Waals surface area contributed by atoms with Gasteiger partial charge in [-0.1, -0.05) is 6.07 Å². The van der Waals surface area contributed by atoms with E-state index in [-0.39, 0.29) is 6.09 Å². The van der Waals surface area contributed by atoms with Crippen LogP contribution in [0, 0.1) is 5.92 Å². The number of aromatic nitrogens is 1. The van der Waals surface area contributed by atoms with E-state index < -0.39 is 5.60 Å². The Morgan fingerprint density at radius 2 is 2.00 bits per heavy atom. The number of pyridine rings is 1. The number of carbonyl (C=O) groups is 1. The fourth-order valence-electron chi connectivity index (χ4n) is 3.78. The molecular weight excluding hydrogens is 392 g/mol. The third-order valence-corrected chi connectivity index (χ3v) is 5.37. The predicted octanol–water partition coefficient (Wildman–Crippen LogP) is 3.19. The third-order valence-electron chi connectivity index (χ3n) is 5.37. The van der Waals surface area contributed by atoms with E-state index in [1.165, 1.54) is 0 Å². The van der Waals surface area contributed by atoms with Gasteiger partial charge >= 0.3 is 6.09 Å². The van der Waals surface area contributed by atoms with Crippen molar-refractivity contribution in [3.8, 4) is 0 Å². The zero-order valence-electron chi connectivity index (χ0n) is 20.3. The number of rotatable bonds is 6. The molecule has 1 aliphatic heterocycles. The van der Waals surface area contributed by atoms with Gasteiger partial charge in [0.15, 0.2) is 5.96 Å². The number of nitrogens with one attached hydrogen (secondary N) is 1. The number of guanidine groups is 1. The number of hydrogen-bond acceptors (Lipinski definition) is 5. The van der Waals surface area contributed by atoms with Crippen LogP contribution in [0.4, 0.5) is 10.6 Å². The Bertz CT molecular complexity index is 736. The molecule has 0 unspecified atom stereocenters. The molecule has 0 aliphatic carbocycles. The van der Waals surface area contributed by atoms with Crippen LogP contribution in [0.3, 0.4) is 0 Å². The quantitative estimate of drug-likeness (QED) is 0.550. The number of carbonyl (C=O) groups excluding carboxylic acids is 1. The molecule has 1 N–H and O–H groups in total. The van der Waals surface area contributed by atoms with Crippen LogP contribution < -0.4 is 10.2 Å². The van der Waals surface area contributed by atoms with Gasteiger partial charge in [0.05, 0.1) is 0 Å². The molecule has 1 aliphatic rings. The average Bonchev–Trinajstić information content (AvgIpc) is 2.72. The highest BCUT2D eigenvalue weighted by molar-refractivity contribution is 5.80. The fraction of sp³-hybridized carbons (Fsp3) is 0.696. The lowest BCUT2D eigenvalue weighted by atomic mass is 9.96. The summed E-state index contributed by atoms with van der Waals surface area (Å²) in [5, 5.41) is 3.49. The Balaban J connectivity index is 1.87. The monoisotopic (exact) mass is 432 g/mol. The van der Waals surface area contributed by atoms with E-state index in [1.807, 2.05) is 70.9 Å². The summed E-state index contributed by atoms with van der Waals surface area (Å²) in [6, 6.07) is 4.05. The molecule has 0 aromatic carbocycles. The average molecular weight is 433 g/mol. The number of aliphatic imine (C=N–C) groups is 1. The molecule has 0 spiro atoms. The largest absolute Gasteiger partial charge is 0.444 e. The highest BCUT2D eigenvalue weighted by Gasteiger charge is 2.27. The molecule has 1 amide bonds. The van der Waals surface area contributed by atoms with E-state index in [0.29, 0.717) is 19.0 Å². The molecule has 0 atom stereocenters. The summed E-state index contributed by atoms with van der Waals surface area (Å²) in [6.07, 6.45) is 3.64. The lowest BCUT2D eigenvalue weighted by molar-refractivity contribution is 0.0214. The van der Waals surface area contributed by atoms with Crippen LogP contribution in [0.15, 0.2) is 23.3 Å². The lowest BCUT2D eigenvalue weighted by Crippen LogP contribution is -2.47. The maximum absolute atomic E-state index is 12.4. The van der Waals surface area contributed by atoms with Gasteiger partial charge < -0.3 is 24.8 Å². The molecule has 1 saturated heterocycles. The number of nitrogens with zero attached hydrogens (tertiary/aromatic N) is 5. The molecular formula is C23H40N6O2. The zero-order chi connectivity index (χ0) is 23.0. The molecule has 2 rings (SSSR count). The summed E-state index contributed by atoms with van der Waals surface area (Å²) in [6.45, 7) is 11.6. The van der Waals surface area contributed by atoms with Crippen molar-refractivity contribution in [1.82, 2.24) is 20.1 Å². The van der Waals surface area contributed by atoms with Crippen LogP contribution in [0.5, 0.6) is 0 Å². The van der Waals surface area contributed by atoms with E-state index >= 15 is 0 Å².